The lowest BCUT2D eigenvalue weighted by atomic mass is 10.4. The zero-order valence-corrected chi connectivity index (χ0v) is 5.44. The maximum absolute atomic E-state index is 5.52. The van der Waals surface area contributed by atoms with Gasteiger partial charge < -0.3 is 0 Å². The first-order chi connectivity index (χ1) is 3.29. The third-order valence-corrected chi connectivity index (χ3v) is 1.78. The Labute approximate surface area is 51.7 Å². The molecular weight excluding hydrogens is 128 g/mol. The molecule has 0 N–H and O–H groups in total. The van der Waals surface area contributed by atoms with Gasteiger partial charge in [-0.15, -0.1) is 11.3 Å². The van der Waals surface area contributed by atoms with Crippen molar-refractivity contribution < 1.29 is 0 Å². The SMILES string of the molecule is Cc1[c]c(Cl)sc1. The van der Waals surface area contributed by atoms with Crippen molar-refractivity contribution in [1.82, 2.24) is 0 Å². The average Bonchev–Trinajstić information content (AvgIpc) is 1.87. The average molecular weight is 132 g/mol. The maximum Gasteiger partial charge on any atom is 0.101 e. The van der Waals surface area contributed by atoms with Gasteiger partial charge in [0.15, 0.2) is 0 Å². The second-order valence-corrected chi connectivity index (χ2v) is 2.80. The van der Waals surface area contributed by atoms with Crippen molar-refractivity contribution in [1.29, 1.82) is 0 Å². The molecule has 0 nitrogen and oxygen atoms in total. The van der Waals surface area contributed by atoms with Crippen LogP contribution < -0.4 is 0 Å². The molecule has 0 aliphatic carbocycles. The van der Waals surface area contributed by atoms with E-state index in [1.807, 2.05) is 12.3 Å². The molecule has 0 aliphatic heterocycles. The summed E-state index contributed by atoms with van der Waals surface area (Å²) in [6.45, 7) is 1.97. The summed E-state index contributed by atoms with van der Waals surface area (Å²) in [5, 5.41) is 1.97. The van der Waals surface area contributed by atoms with Gasteiger partial charge >= 0.3 is 0 Å². The third kappa shape index (κ3) is 1.18. The standard InChI is InChI=1S/C5H4ClS/c1-4-2-5(6)7-3-4/h3H,1H3. The molecule has 0 atom stereocenters. The fraction of sp³-hybridized carbons (Fsp3) is 0.200. The van der Waals surface area contributed by atoms with Crippen LogP contribution in [-0.2, 0) is 0 Å². The van der Waals surface area contributed by atoms with E-state index < -0.39 is 0 Å². The molecule has 0 aromatic carbocycles. The quantitative estimate of drug-likeness (QED) is 0.508. The van der Waals surface area contributed by atoms with Crippen LogP contribution in [-0.4, -0.2) is 0 Å². The molecule has 7 heavy (non-hydrogen) atoms. The van der Waals surface area contributed by atoms with Gasteiger partial charge in [0.05, 0.1) is 0 Å². The summed E-state index contributed by atoms with van der Waals surface area (Å²) in [6.07, 6.45) is 0. The molecule has 1 radical (unpaired) electrons. The lowest BCUT2D eigenvalue weighted by Crippen LogP contribution is -1.51. The predicted octanol–water partition coefficient (Wildman–Crippen LogP) is 2.51. The Morgan fingerprint density at radius 1 is 1.86 bits per heavy atom. The van der Waals surface area contributed by atoms with E-state index in [2.05, 4.69) is 6.07 Å². The fourth-order valence-electron chi connectivity index (χ4n) is 0.354. The number of hydrogen-bond donors (Lipinski definition) is 0. The van der Waals surface area contributed by atoms with Crippen LogP contribution in [0.25, 0.3) is 0 Å². The van der Waals surface area contributed by atoms with Gasteiger partial charge in [0.25, 0.3) is 0 Å². The predicted molar refractivity (Wildman–Crippen MR) is 32.9 cm³/mol. The molecule has 1 rings (SSSR count). The van der Waals surface area contributed by atoms with Gasteiger partial charge in [0.1, 0.15) is 4.34 Å². The molecule has 0 saturated carbocycles. The highest BCUT2D eigenvalue weighted by Crippen LogP contribution is 2.17. The Bertz CT molecular complexity index is 140. The molecule has 0 amide bonds. The topological polar surface area (TPSA) is 0 Å². The second kappa shape index (κ2) is 1.85. The largest absolute Gasteiger partial charge is 0.131 e. The van der Waals surface area contributed by atoms with E-state index in [0.717, 1.165) is 9.90 Å². The lowest BCUT2D eigenvalue weighted by molar-refractivity contribution is 1.55. The Balaban J connectivity index is 3.04. The van der Waals surface area contributed by atoms with E-state index in [0.29, 0.717) is 0 Å². The minimum atomic E-state index is 0.748. The van der Waals surface area contributed by atoms with Crippen molar-refractivity contribution in [3.05, 3.63) is 21.3 Å². The summed E-state index contributed by atoms with van der Waals surface area (Å²) in [5.74, 6) is 0. The molecule has 37 valence electrons. The zero-order chi connectivity index (χ0) is 5.28. The van der Waals surface area contributed by atoms with Gasteiger partial charge in [-0.3, -0.25) is 0 Å². The van der Waals surface area contributed by atoms with Crippen LogP contribution in [0, 0.1) is 13.0 Å². The summed E-state index contributed by atoms with van der Waals surface area (Å²) >= 11 is 7.04. The molecule has 2 heteroatoms. The van der Waals surface area contributed by atoms with Crippen LogP contribution in [0.3, 0.4) is 0 Å². The lowest BCUT2D eigenvalue weighted by Gasteiger charge is -1.66. The highest BCUT2D eigenvalue weighted by atomic mass is 35.5. The van der Waals surface area contributed by atoms with Gasteiger partial charge in [-0.2, -0.15) is 0 Å². The van der Waals surface area contributed by atoms with Crippen molar-refractivity contribution in [3.8, 4) is 0 Å². The van der Waals surface area contributed by atoms with Crippen LogP contribution in [0.15, 0.2) is 5.38 Å². The van der Waals surface area contributed by atoms with E-state index in [1.165, 1.54) is 11.3 Å². The van der Waals surface area contributed by atoms with E-state index in [9.17, 15) is 0 Å². The number of hydrogen-bond acceptors (Lipinski definition) is 1. The third-order valence-electron chi connectivity index (χ3n) is 0.635. The monoisotopic (exact) mass is 131 g/mol. The van der Waals surface area contributed by atoms with E-state index in [4.69, 9.17) is 11.6 Å². The van der Waals surface area contributed by atoms with Crippen LogP contribution in [0.1, 0.15) is 5.56 Å². The highest BCUT2D eigenvalue weighted by Gasteiger charge is 1.87. The van der Waals surface area contributed by atoms with Crippen molar-refractivity contribution in [2.45, 2.75) is 6.92 Å². The molecule has 1 heterocycles. The number of rotatable bonds is 0. The molecule has 1 aromatic rings. The normalized spacial score (nSPS) is 9.43. The zero-order valence-electron chi connectivity index (χ0n) is 3.86. The summed E-state index contributed by atoms with van der Waals surface area (Å²) in [7, 11) is 0. The molecule has 0 fully saturated rings. The van der Waals surface area contributed by atoms with Gasteiger partial charge in [-0.25, -0.2) is 0 Å². The van der Waals surface area contributed by atoms with E-state index >= 15 is 0 Å². The first-order valence-corrected chi connectivity index (χ1v) is 3.18. The molecule has 0 aliphatic rings. The molecule has 0 spiro atoms. The summed E-state index contributed by atoms with van der Waals surface area (Å²) in [5.41, 5.74) is 1.12. The Morgan fingerprint density at radius 3 is 2.71 bits per heavy atom. The fourth-order valence-corrected chi connectivity index (χ4v) is 1.20. The first kappa shape index (κ1) is 5.13. The van der Waals surface area contributed by atoms with Crippen LogP contribution in [0.5, 0.6) is 0 Å². The van der Waals surface area contributed by atoms with Gasteiger partial charge in [-0.1, -0.05) is 11.6 Å². The van der Waals surface area contributed by atoms with Crippen molar-refractivity contribution >= 4 is 22.9 Å². The van der Waals surface area contributed by atoms with Crippen LogP contribution >= 0.6 is 22.9 Å². The smallest absolute Gasteiger partial charge is 0.101 e. The van der Waals surface area contributed by atoms with Crippen molar-refractivity contribution in [3.63, 3.8) is 0 Å². The van der Waals surface area contributed by atoms with E-state index in [1.54, 1.807) is 0 Å². The molecular formula is C5H4ClS. The Morgan fingerprint density at radius 2 is 2.57 bits per heavy atom. The van der Waals surface area contributed by atoms with E-state index in [-0.39, 0.29) is 0 Å². The molecule has 0 saturated heterocycles. The minimum absolute atomic E-state index is 0.748. The molecule has 0 unspecified atom stereocenters. The first-order valence-electron chi connectivity index (χ1n) is 1.92. The van der Waals surface area contributed by atoms with Gasteiger partial charge in [0.2, 0.25) is 0 Å². The molecule has 0 bridgehead atoms. The summed E-state index contributed by atoms with van der Waals surface area (Å²) < 4.78 is 0.748. The number of thiophene rings is 1. The minimum Gasteiger partial charge on any atom is -0.131 e. The number of aryl methyl sites for hydroxylation is 1. The van der Waals surface area contributed by atoms with Crippen molar-refractivity contribution in [2.75, 3.05) is 0 Å². The highest BCUT2D eigenvalue weighted by molar-refractivity contribution is 7.14. The number of halogens is 1. The molecule has 1 aromatic heterocycles. The van der Waals surface area contributed by atoms with Gasteiger partial charge in [0, 0.05) is 6.07 Å². The summed E-state index contributed by atoms with van der Waals surface area (Å²) in [4.78, 5) is 0. The second-order valence-electron chi connectivity index (χ2n) is 1.32. The Hall–Kier alpha value is -0.0100. The van der Waals surface area contributed by atoms with Crippen LogP contribution in [0.4, 0.5) is 0 Å². The summed E-state index contributed by atoms with van der Waals surface area (Å²) in [6, 6.07) is 2.92. The van der Waals surface area contributed by atoms with Crippen LogP contribution in [0.2, 0.25) is 4.34 Å². The van der Waals surface area contributed by atoms with Gasteiger partial charge in [-0.05, 0) is 17.9 Å². The maximum atomic E-state index is 5.52. The Kier molecular flexibility index (Phi) is 1.35. The van der Waals surface area contributed by atoms with Crippen molar-refractivity contribution in [2.24, 2.45) is 0 Å².